The number of carbonyl (C=O) groups excluding carboxylic acids is 1. The lowest BCUT2D eigenvalue weighted by Gasteiger charge is -2.11. The Morgan fingerprint density at radius 1 is 1.33 bits per heavy atom. The molecule has 1 atom stereocenters. The van der Waals surface area contributed by atoms with E-state index in [-0.39, 0.29) is 5.91 Å². The molecule has 5 heteroatoms. The fourth-order valence-electron chi connectivity index (χ4n) is 2.38. The van der Waals surface area contributed by atoms with Crippen molar-refractivity contribution in [3.05, 3.63) is 36.0 Å². The van der Waals surface area contributed by atoms with Crippen LogP contribution in [0.3, 0.4) is 0 Å². The first-order valence-electron chi connectivity index (χ1n) is 7.19. The monoisotopic (exact) mass is 288 g/mol. The molecule has 3 N–H and O–H groups in total. The molecule has 0 fully saturated rings. The number of aromatic amines is 1. The third kappa shape index (κ3) is 3.84. The van der Waals surface area contributed by atoms with Crippen molar-refractivity contribution < 1.29 is 14.7 Å². The molecule has 0 spiro atoms. The number of hydrogen-bond donors (Lipinski definition) is 3. The summed E-state index contributed by atoms with van der Waals surface area (Å²) in [6, 6.07) is 7.26. The van der Waals surface area contributed by atoms with Crippen LogP contribution in [0.1, 0.15) is 31.7 Å². The summed E-state index contributed by atoms with van der Waals surface area (Å²) in [6.45, 7) is 1.74. The van der Waals surface area contributed by atoms with Gasteiger partial charge in [0, 0.05) is 23.5 Å². The number of aryl methyl sites for hydroxylation is 1. The van der Waals surface area contributed by atoms with Gasteiger partial charge in [0.05, 0.1) is 0 Å². The minimum Gasteiger partial charge on any atom is -0.480 e. The average molecular weight is 288 g/mol. The van der Waals surface area contributed by atoms with Crippen LogP contribution in [0.15, 0.2) is 30.5 Å². The van der Waals surface area contributed by atoms with Crippen LogP contribution in [0.4, 0.5) is 0 Å². The van der Waals surface area contributed by atoms with Gasteiger partial charge in [-0.05, 0) is 30.9 Å². The van der Waals surface area contributed by atoms with Crippen molar-refractivity contribution in [2.45, 2.75) is 38.6 Å². The smallest absolute Gasteiger partial charge is 0.326 e. The summed E-state index contributed by atoms with van der Waals surface area (Å²) >= 11 is 0. The van der Waals surface area contributed by atoms with E-state index in [1.165, 1.54) is 10.9 Å². The van der Waals surface area contributed by atoms with Crippen molar-refractivity contribution in [3.8, 4) is 0 Å². The van der Waals surface area contributed by atoms with Crippen LogP contribution in [0.25, 0.3) is 10.9 Å². The van der Waals surface area contributed by atoms with Gasteiger partial charge in [0.25, 0.3) is 0 Å². The maximum atomic E-state index is 11.7. The standard InChI is InChI=1S/C16H20N2O3/c1-2-13(16(20)21)18-15(19)9-5-6-11-10-17-14-8-4-3-7-12(11)14/h3-4,7-8,10,13,17H,2,5-6,9H2,1H3,(H,18,19)(H,20,21)/t13-/m1/s1. The Kier molecular flexibility index (Phi) is 4.98. The van der Waals surface area contributed by atoms with Crippen LogP contribution in [0, 0.1) is 0 Å². The van der Waals surface area contributed by atoms with Crippen molar-refractivity contribution in [1.82, 2.24) is 10.3 Å². The van der Waals surface area contributed by atoms with E-state index < -0.39 is 12.0 Å². The average Bonchev–Trinajstić information content (AvgIpc) is 2.88. The minimum absolute atomic E-state index is 0.205. The van der Waals surface area contributed by atoms with E-state index in [9.17, 15) is 9.59 Å². The highest BCUT2D eigenvalue weighted by Gasteiger charge is 2.17. The van der Waals surface area contributed by atoms with Crippen LogP contribution in [-0.2, 0) is 16.0 Å². The molecular weight excluding hydrogens is 268 g/mol. The second kappa shape index (κ2) is 6.92. The fourth-order valence-corrected chi connectivity index (χ4v) is 2.38. The highest BCUT2D eigenvalue weighted by atomic mass is 16.4. The Labute approximate surface area is 123 Å². The van der Waals surface area contributed by atoms with E-state index in [2.05, 4.69) is 16.4 Å². The van der Waals surface area contributed by atoms with E-state index in [0.717, 1.165) is 11.9 Å². The van der Waals surface area contributed by atoms with Gasteiger partial charge in [0.2, 0.25) is 5.91 Å². The molecule has 0 aliphatic heterocycles. The number of amides is 1. The molecule has 0 saturated heterocycles. The van der Waals surface area contributed by atoms with E-state index >= 15 is 0 Å². The number of fused-ring (bicyclic) bond motifs is 1. The van der Waals surface area contributed by atoms with Crippen molar-refractivity contribution in [2.24, 2.45) is 0 Å². The number of aromatic nitrogens is 1. The van der Waals surface area contributed by atoms with Gasteiger partial charge in [-0.25, -0.2) is 4.79 Å². The number of carboxylic acid groups (broad SMARTS) is 1. The number of carbonyl (C=O) groups is 2. The highest BCUT2D eigenvalue weighted by Crippen LogP contribution is 2.19. The highest BCUT2D eigenvalue weighted by molar-refractivity contribution is 5.84. The maximum Gasteiger partial charge on any atom is 0.326 e. The maximum absolute atomic E-state index is 11.7. The summed E-state index contributed by atoms with van der Waals surface area (Å²) in [4.78, 5) is 25.8. The first-order chi connectivity index (χ1) is 10.1. The zero-order valence-corrected chi connectivity index (χ0v) is 12.1. The van der Waals surface area contributed by atoms with Gasteiger partial charge in [-0.15, -0.1) is 0 Å². The molecule has 5 nitrogen and oxygen atoms in total. The largest absolute Gasteiger partial charge is 0.480 e. The van der Waals surface area contributed by atoms with Crippen molar-refractivity contribution in [1.29, 1.82) is 0 Å². The topological polar surface area (TPSA) is 82.2 Å². The number of aliphatic carboxylic acids is 1. The van der Waals surface area contributed by atoms with Crippen LogP contribution in [-0.4, -0.2) is 28.0 Å². The first-order valence-corrected chi connectivity index (χ1v) is 7.19. The summed E-state index contributed by atoms with van der Waals surface area (Å²) in [5.74, 6) is -1.19. The molecule has 112 valence electrons. The number of H-pyrrole nitrogens is 1. The van der Waals surface area contributed by atoms with Crippen LogP contribution in [0.5, 0.6) is 0 Å². The Balaban J connectivity index is 1.84. The van der Waals surface area contributed by atoms with E-state index in [4.69, 9.17) is 5.11 Å². The van der Waals surface area contributed by atoms with Gasteiger partial charge < -0.3 is 15.4 Å². The van der Waals surface area contributed by atoms with Gasteiger partial charge in [0.15, 0.2) is 0 Å². The summed E-state index contributed by atoms with van der Waals surface area (Å²) in [5.41, 5.74) is 2.28. The number of para-hydroxylation sites is 1. The second-order valence-corrected chi connectivity index (χ2v) is 5.08. The number of rotatable bonds is 7. The van der Waals surface area contributed by atoms with Gasteiger partial charge in [-0.3, -0.25) is 4.79 Å². The zero-order chi connectivity index (χ0) is 15.2. The van der Waals surface area contributed by atoms with Crippen LogP contribution < -0.4 is 5.32 Å². The van der Waals surface area contributed by atoms with Crippen LogP contribution in [0.2, 0.25) is 0 Å². The summed E-state index contributed by atoms with van der Waals surface area (Å²) < 4.78 is 0. The van der Waals surface area contributed by atoms with Crippen LogP contribution >= 0.6 is 0 Å². The third-order valence-corrected chi connectivity index (χ3v) is 3.57. The van der Waals surface area contributed by atoms with E-state index in [1.807, 2.05) is 24.4 Å². The van der Waals surface area contributed by atoms with Crippen molar-refractivity contribution in [3.63, 3.8) is 0 Å². The van der Waals surface area contributed by atoms with E-state index in [1.54, 1.807) is 6.92 Å². The Bertz CT molecular complexity index is 633. The van der Waals surface area contributed by atoms with Gasteiger partial charge >= 0.3 is 5.97 Å². The third-order valence-electron chi connectivity index (χ3n) is 3.57. The summed E-state index contributed by atoms with van der Waals surface area (Å²) in [6.07, 6.45) is 4.19. The molecule has 1 aromatic heterocycles. The number of benzene rings is 1. The Hall–Kier alpha value is -2.30. The molecule has 2 aromatic rings. The second-order valence-electron chi connectivity index (χ2n) is 5.08. The predicted molar refractivity (Wildman–Crippen MR) is 81.1 cm³/mol. The molecule has 0 saturated carbocycles. The molecule has 21 heavy (non-hydrogen) atoms. The summed E-state index contributed by atoms with van der Waals surface area (Å²) in [7, 11) is 0. The lowest BCUT2D eigenvalue weighted by Crippen LogP contribution is -2.40. The van der Waals surface area contributed by atoms with Crippen molar-refractivity contribution in [2.75, 3.05) is 0 Å². The SMILES string of the molecule is CC[C@@H](NC(=O)CCCc1c[nH]c2ccccc12)C(=O)O. The lowest BCUT2D eigenvalue weighted by molar-refractivity contribution is -0.141. The lowest BCUT2D eigenvalue weighted by atomic mass is 10.1. The molecular formula is C16H20N2O3. The molecule has 0 aliphatic carbocycles. The molecule has 0 bridgehead atoms. The normalized spacial score (nSPS) is 12.2. The number of nitrogens with one attached hydrogen (secondary N) is 2. The summed E-state index contributed by atoms with van der Waals surface area (Å²) in [5, 5.41) is 12.6. The van der Waals surface area contributed by atoms with Gasteiger partial charge in [-0.1, -0.05) is 25.1 Å². The number of hydrogen-bond acceptors (Lipinski definition) is 2. The van der Waals surface area contributed by atoms with Crippen molar-refractivity contribution >= 4 is 22.8 Å². The van der Waals surface area contributed by atoms with Gasteiger partial charge in [-0.2, -0.15) is 0 Å². The number of carboxylic acids is 1. The Morgan fingerprint density at radius 3 is 2.81 bits per heavy atom. The van der Waals surface area contributed by atoms with Gasteiger partial charge in [0.1, 0.15) is 6.04 Å². The molecule has 1 aromatic carbocycles. The molecule has 0 radical (unpaired) electrons. The molecule has 1 heterocycles. The fraction of sp³-hybridized carbons (Fsp3) is 0.375. The molecule has 1 amide bonds. The predicted octanol–water partition coefficient (Wildman–Crippen LogP) is 2.47. The Morgan fingerprint density at radius 2 is 2.10 bits per heavy atom. The first kappa shape index (κ1) is 15.1. The molecule has 0 aliphatic rings. The molecule has 0 unspecified atom stereocenters. The quantitative estimate of drug-likeness (QED) is 0.732. The minimum atomic E-state index is -0.984. The zero-order valence-electron chi connectivity index (χ0n) is 12.1. The van der Waals surface area contributed by atoms with E-state index in [0.29, 0.717) is 19.3 Å². The molecule has 2 rings (SSSR count).